The summed E-state index contributed by atoms with van der Waals surface area (Å²) in [5.74, 6) is 0.889. The van der Waals surface area contributed by atoms with E-state index < -0.39 is 0 Å². The summed E-state index contributed by atoms with van der Waals surface area (Å²) in [5.41, 5.74) is 3.32. The van der Waals surface area contributed by atoms with Gasteiger partial charge in [-0.3, -0.25) is 4.79 Å². The van der Waals surface area contributed by atoms with Crippen LogP contribution in [0.25, 0.3) is 0 Å². The fourth-order valence-electron chi connectivity index (χ4n) is 2.80. The van der Waals surface area contributed by atoms with Crippen molar-refractivity contribution in [2.75, 3.05) is 10.2 Å². The fraction of sp³-hybridized carbons (Fsp3) is 0.333. The number of para-hydroxylation sites is 1. The topological polar surface area (TPSA) is 45.2 Å². The maximum atomic E-state index is 11.7. The third-order valence-electron chi connectivity index (χ3n) is 3.99. The van der Waals surface area contributed by atoms with Gasteiger partial charge in [0.2, 0.25) is 5.91 Å². The normalized spacial score (nSPS) is 16.7. The number of pyridine rings is 1. The molecule has 0 saturated carbocycles. The second-order valence-corrected chi connectivity index (χ2v) is 6.10. The molecular formula is C18H21N3O. The number of nitrogens with zero attached hydrogens (tertiary/aromatic N) is 2. The molecular weight excluding hydrogens is 274 g/mol. The van der Waals surface area contributed by atoms with Gasteiger partial charge in [0.1, 0.15) is 5.82 Å². The molecule has 1 aromatic carbocycles. The Hall–Kier alpha value is -2.36. The van der Waals surface area contributed by atoms with Crippen LogP contribution < -0.4 is 10.2 Å². The van der Waals surface area contributed by atoms with Crippen molar-refractivity contribution in [2.45, 2.75) is 33.2 Å². The molecule has 1 atom stereocenters. The first-order valence-corrected chi connectivity index (χ1v) is 7.70. The molecule has 1 aliphatic rings. The predicted molar refractivity (Wildman–Crippen MR) is 89.5 cm³/mol. The zero-order valence-corrected chi connectivity index (χ0v) is 13.2. The molecule has 4 nitrogen and oxygen atoms in total. The smallest absolute Gasteiger partial charge is 0.226 e. The van der Waals surface area contributed by atoms with Crippen molar-refractivity contribution in [3.8, 4) is 0 Å². The van der Waals surface area contributed by atoms with Crippen LogP contribution in [0.4, 0.5) is 17.2 Å². The van der Waals surface area contributed by atoms with Crippen molar-refractivity contribution in [1.29, 1.82) is 0 Å². The highest BCUT2D eigenvalue weighted by atomic mass is 16.1. The van der Waals surface area contributed by atoms with E-state index in [4.69, 9.17) is 0 Å². The SMILES string of the molecule is CC(C)C(=O)Nc1ccc(N2c3ccccc3CC2C)nc1. The fourth-order valence-corrected chi connectivity index (χ4v) is 2.80. The van der Waals surface area contributed by atoms with E-state index in [-0.39, 0.29) is 11.8 Å². The van der Waals surface area contributed by atoms with E-state index in [9.17, 15) is 4.79 Å². The van der Waals surface area contributed by atoms with E-state index in [0.29, 0.717) is 6.04 Å². The molecule has 22 heavy (non-hydrogen) atoms. The minimum absolute atomic E-state index is 0.00874. The first-order valence-electron chi connectivity index (χ1n) is 7.70. The second-order valence-electron chi connectivity index (χ2n) is 6.10. The summed E-state index contributed by atoms with van der Waals surface area (Å²) in [7, 11) is 0. The lowest BCUT2D eigenvalue weighted by atomic mass is 10.1. The summed E-state index contributed by atoms with van der Waals surface area (Å²) in [6, 6.07) is 12.7. The first kappa shape index (κ1) is 14.6. The molecule has 0 spiro atoms. The van der Waals surface area contributed by atoms with Crippen LogP contribution in [0, 0.1) is 5.92 Å². The van der Waals surface area contributed by atoms with E-state index in [1.165, 1.54) is 11.3 Å². The zero-order valence-electron chi connectivity index (χ0n) is 13.2. The van der Waals surface area contributed by atoms with Gasteiger partial charge in [0, 0.05) is 17.6 Å². The minimum atomic E-state index is -0.0369. The minimum Gasteiger partial charge on any atom is -0.325 e. The standard InChI is InChI=1S/C18H21N3O/c1-12(2)18(22)20-15-8-9-17(19-11-15)21-13(3)10-14-6-4-5-7-16(14)21/h4-9,11-13H,10H2,1-3H3,(H,20,22). The monoisotopic (exact) mass is 295 g/mol. The van der Waals surface area contributed by atoms with Crippen molar-refractivity contribution < 1.29 is 4.79 Å². The van der Waals surface area contributed by atoms with Gasteiger partial charge in [-0.25, -0.2) is 4.98 Å². The number of hydrogen-bond acceptors (Lipinski definition) is 3. The van der Waals surface area contributed by atoms with E-state index >= 15 is 0 Å². The average molecular weight is 295 g/mol. The highest BCUT2D eigenvalue weighted by Gasteiger charge is 2.27. The molecule has 2 aromatic rings. The Morgan fingerprint density at radius 3 is 2.73 bits per heavy atom. The van der Waals surface area contributed by atoms with E-state index in [1.807, 2.05) is 26.0 Å². The molecule has 1 aliphatic heterocycles. The molecule has 3 rings (SSSR count). The molecule has 2 heterocycles. The van der Waals surface area contributed by atoms with Gasteiger partial charge in [-0.2, -0.15) is 0 Å². The second kappa shape index (κ2) is 5.79. The molecule has 0 radical (unpaired) electrons. The predicted octanol–water partition coefficient (Wildman–Crippen LogP) is 3.76. The number of amides is 1. The Morgan fingerprint density at radius 2 is 2.05 bits per heavy atom. The number of anilines is 3. The van der Waals surface area contributed by atoms with Gasteiger partial charge in [0.05, 0.1) is 11.9 Å². The molecule has 0 aliphatic carbocycles. The van der Waals surface area contributed by atoms with Gasteiger partial charge >= 0.3 is 0 Å². The van der Waals surface area contributed by atoms with Gasteiger partial charge in [-0.1, -0.05) is 32.0 Å². The first-order chi connectivity index (χ1) is 10.6. The molecule has 114 valence electrons. The van der Waals surface area contributed by atoms with Crippen LogP contribution in [0.2, 0.25) is 0 Å². The zero-order chi connectivity index (χ0) is 15.7. The number of rotatable bonds is 3. The van der Waals surface area contributed by atoms with Crippen molar-refractivity contribution >= 4 is 23.1 Å². The highest BCUT2D eigenvalue weighted by Crippen LogP contribution is 2.37. The van der Waals surface area contributed by atoms with Crippen LogP contribution in [-0.4, -0.2) is 16.9 Å². The van der Waals surface area contributed by atoms with Crippen LogP contribution >= 0.6 is 0 Å². The molecule has 4 heteroatoms. The van der Waals surface area contributed by atoms with Gasteiger partial charge in [-0.05, 0) is 37.1 Å². The van der Waals surface area contributed by atoms with Gasteiger partial charge in [-0.15, -0.1) is 0 Å². The molecule has 1 amide bonds. The largest absolute Gasteiger partial charge is 0.325 e. The van der Waals surface area contributed by atoms with Gasteiger partial charge < -0.3 is 10.2 Å². The summed E-state index contributed by atoms with van der Waals surface area (Å²) < 4.78 is 0. The number of aromatic nitrogens is 1. The molecule has 0 fully saturated rings. The number of hydrogen-bond donors (Lipinski definition) is 1. The Balaban J connectivity index is 1.83. The maximum absolute atomic E-state index is 11.7. The van der Waals surface area contributed by atoms with Crippen LogP contribution in [0.3, 0.4) is 0 Å². The summed E-state index contributed by atoms with van der Waals surface area (Å²) in [6.07, 6.45) is 2.76. The van der Waals surface area contributed by atoms with Gasteiger partial charge in [0.25, 0.3) is 0 Å². The van der Waals surface area contributed by atoms with Gasteiger partial charge in [0.15, 0.2) is 0 Å². The number of fused-ring (bicyclic) bond motifs is 1. The maximum Gasteiger partial charge on any atom is 0.226 e. The van der Waals surface area contributed by atoms with Crippen molar-refractivity contribution in [2.24, 2.45) is 5.92 Å². The van der Waals surface area contributed by atoms with Crippen molar-refractivity contribution in [3.63, 3.8) is 0 Å². The third kappa shape index (κ3) is 2.69. The number of nitrogens with one attached hydrogen (secondary N) is 1. The van der Waals surface area contributed by atoms with Crippen LogP contribution in [0.1, 0.15) is 26.3 Å². The summed E-state index contributed by atoms with van der Waals surface area (Å²) in [4.78, 5) is 18.5. The highest BCUT2D eigenvalue weighted by molar-refractivity contribution is 5.92. The van der Waals surface area contributed by atoms with Crippen LogP contribution in [-0.2, 0) is 11.2 Å². The van der Waals surface area contributed by atoms with Crippen LogP contribution in [0.5, 0.6) is 0 Å². The Labute approximate surface area is 131 Å². The summed E-state index contributed by atoms with van der Waals surface area (Å²) in [5, 5.41) is 2.87. The number of benzene rings is 1. The molecule has 0 bridgehead atoms. The Bertz CT molecular complexity index is 679. The Kier molecular flexibility index (Phi) is 3.84. The average Bonchev–Trinajstić information content (AvgIpc) is 2.84. The lowest BCUT2D eigenvalue weighted by molar-refractivity contribution is -0.118. The van der Waals surface area contributed by atoms with Crippen molar-refractivity contribution in [3.05, 3.63) is 48.2 Å². The third-order valence-corrected chi connectivity index (χ3v) is 3.99. The Morgan fingerprint density at radius 1 is 1.27 bits per heavy atom. The van der Waals surface area contributed by atoms with E-state index in [2.05, 4.69) is 46.4 Å². The number of carbonyl (C=O) groups excluding carboxylic acids is 1. The summed E-state index contributed by atoms with van der Waals surface area (Å²) in [6.45, 7) is 5.95. The molecule has 0 saturated heterocycles. The lowest BCUT2D eigenvalue weighted by Gasteiger charge is -2.24. The van der Waals surface area contributed by atoms with Crippen LogP contribution in [0.15, 0.2) is 42.6 Å². The van der Waals surface area contributed by atoms with E-state index in [1.54, 1.807) is 6.20 Å². The number of carbonyl (C=O) groups is 1. The van der Waals surface area contributed by atoms with Crippen molar-refractivity contribution in [1.82, 2.24) is 4.98 Å². The molecule has 1 N–H and O–H groups in total. The molecule has 1 aromatic heterocycles. The van der Waals surface area contributed by atoms with E-state index in [0.717, 1.165) is 17.9 Å². The lowest BCUT2D eigenvalue weighted by Crippen LogP contribution is -2.25. The molecule has 1 unspecified atom stereocenters. The quantitative estimate of drug-likeness (QED) is 0.937. The summed E-state index contributed by atoms with van der Waals surface area (Å²) >= 11 is 0.